The van der Waals surface area contributed by atoms with Gasteiger partial charge in [0.2, 0.25) is 0 Å². The predicted molar refractivity (Wildman–Crippen MR) is 69.6 cm³/mol. The summed E-state index contributed by atoms with van der Waals surface area (Å²) < 4.78 is 1.55. The van der Waals surface area contributed by atoms with Crippen LogP contribution in [0.3, 0.4) is 0 Å². The Morgan fingerprint density at radius 2 is 2.00 bits per heavy atom. The van der Waals surface area contributed by atoms with Gasteiger partial charge in [0, 0.05) is 0 Å². The highest BCUT2D eigenvalue weighted by Gasteiger charge is 2.17. The first kappa shape index (κ1) is 12.2. The molecule has 2 aromatic heterocycles. The second kappa shape index (κ2) is 4.52. The third kappa shape index (κ3) is 1.73. The molecule has 0 aromatic carbocycles. The molecule has 0 aliphatic rings. The van der Waals surface area contributed by atoms with Crippen LogP contribution in [0.1, 0.15) is 25.2 Å². The van der Waals surface area contributed by atoms with Gasteiger partial charge in [0.25, 0.3) is 5.56 Å². The first-order valence-electron chi connectivity index (χ1n) is 5.79. The molecule has 0 aliphatic carbocycles. The number of aromatic amines is 1. The lowest BCUT2D eigenvalue weighted by atomic mass is 10.2. The normalized spacial score (nSPS) is 10.8. The van der Waals surface area contributed by atoms with Crippen molar-refractivity contribution in [2.45, 2.75) is 26.7 Å². The number of nitrogen functional groups attached to an aromatic ring is 2. The highest BCUT2D eigenvalue weighted by molar-refractivity contribution is 5.56. The van der Waals surface area contributed by atoms with Crippen molar-refractivity contribution in [3.63, 3.8) is 0 Å². The first-order valence-corrected chi connectivity index (χ1v) is 5.79. The van der Waals surface area contributed by atoms with Gasteiger partial charge in [-0.2, -0.15) is 5.10 Å². The summed E-state index contributed by atoms with van der Waals surface area (Å²) in [5.74, 6) is 0.321. The van der Waals surface area contributed by atoms with E-state index in [-0.39, 0.29) is 11.2 Å². The van der Waals surface area contributed by atoms with Crippen LogP contribution in [0.15, 0.2) is 11.1 Å². The zero-order valence-electron chi connectivity index (χ0n) is 10.4. The Morgan fingerprint density at radius 3 is 2.61 bits per heavy atom. The van der Waals surface area contributed by atoms with Gasteiger partial charge in [-0.1, -0.05) is 13.8 Å². The zero-order chi connectivity index (χ0) is 13.3. The number of aryl methyl sites for hydroxylation is 1. The van der Waals surface area contributed by atoms with Crippen LogP contribution in [0, 0.1) is 0 Å². The molecule has 96 valence electrons. The average molecular weight is 248 g/mol. The highest BCUT2D eigenvalue weighted by Crippen LogP contribution is 2.22. The van der Waals surface area contributed by atoms with Gasteiger partial charge in [0.15, 0.2) is 5.82 Å². The standard InChI is InChI=1S/C11H16N6O/c1-3-6-8(12)7(4-2)17(16-6)10-9(13)11(18)15-5-14-10/h5H,3-4,12-13H2,1-2H3,(H,14,15,18). The SMILES string of the molecule is CCc1nn(-c2nc[nH]c(=O)c2N)c(CC)c1N. The van der Waals surface area contributed by atoms with Crippen LogP contribution in [0.25, 0.3) is 5.82 Å². The lowest BCUT2D eigenvalue weighted by Crippen LogP contribution is -2.18. The number of anilines is 2. The number of aromatic nitrogens is 4. The molecule has 0 amide bonds. The molecule has 2 rings (SSSR count). The molecule has 0 spiro atoms. The molecule has 0 radical (unpaired) electrons. The molecule has 0 fully saturated rings. The summed E-state index contributed by atoms with van der Waals surface area (Å²) >= 11 is 0. The number of rotatable bonds is 3. The van der Waals surface area contributed by atoms with Gasteiger partial charge < -0.3 is 16.5 Å². The molecule has 2 aromatic rings. The van der Waals surface area contributed by atoms with Gasteiger partial charge in [-0.25, -0.2) is 9.67 Å². The largest absolute Gasteiger partial charge is 0.396 e. The summed E-state index contributed by atoms with van der Waals surface area (Å²) in [6.07, 6.45) is 2.71. The van der Waals surface area contributed by atoms with E-state index in [9.17, 15) is 4.79 Å². The minimum absolute atomic E-state index is 0.0392. The first-order chi connectivity index (χ1) is 8.60. The Morgan fingerprint density at radius 1 is 1.28 bits per heavy atom. The van der Waals surface area contributed by atoms with Crippen LogP contribution in [-0.4, -0.2) is 19.7 Å². The fourth-order valence-corrected chi connectivity index (χ4v) is 1.86. The van der Waals surface area contributed by atoms with Crippen LogP contribution in [-0.2, 0) is 12.8 Å². The topological polar surface area (TPSA) is 116 Å². The predicted octanol–water partition coefficient (Wildman–Crippen LogP) is 0.245. The van der Waals surface area contributed by atoms with E-state index >= 15 is 0 Å². The van der Waals surface area contributed by atoms with Crippen LogP contribution in [0.5, 0.6) is 0 Å². The van der Waals surface area contributed by atoms with E-state index in [1.165, 1.54) is 6.33 Å². The van der Waals surface area contributed by atoms with Gasteiger partial charge in [0.1, 0.15) is 5.69 Å². The van der Waals surface area contributed by atoms with Crippen LogP contribution in [0.4, 0.5) is 11.4 Å². The Kier molecular flexibility index (Phi) is 3.05. The smallest absolute Gasteiger partial charge is 0.276 e. The Balaban J connectivity index is 2.71. The lowest BCUT2D eigenvalue weighted by molar-refractivity contribution is 0.769. The van der Waals surface area contributed by atoms with Gasteiger partial charge in [0.05, 0.1) is 23.4 Å². The monoisotopic (exact) mass is 248 g/mol. The van der Waals surface area contributed by atoms with Crippen molar-refractivity contribution >= 4 is 11.4 Å². The average Bonchev–Trinajstić information content (AvgIpc) is 2.69. The van der Waals surface area contributed by atoms with E-state index in [4.69, 9.17) is 11.5 Å². The molecule has 0 aliphatic heterocycles. The molecule has 0 saturated heterocycles. The van der Waals surface area contributed by atoms with Crippen molar-refractivity contribution in [2.75, 3.05) is 11.5 Å². The molecule has 0 bridgehead atoms. The summed E-state index contributed by atoms with van der Waals surface area (Å²) in [5.41, 5.74) is 13.6. The van der Waals surface area contributed by atoms with Crippen LogP contribution >= 0.6 is 0 Å². The van der Waals surface area contributed by atoms with Crippen LogP contribution < -0.4 is 17.0 Å². The Bertz CT molecular complexity index is 627. The number of hydrogen-bond acceptors (Lipinski definition) is 5. The maximum absolute atomic E-state index is 11.5. The zero-order valence-corrected chi connectivity index (χ0v) is 10.4. The second-order valence-corrected chi connectivity index (χ2v) is 3.89. The fraction of sp³-hybridized carbons (Fsp3) is 0.364. The van der Waals surface area contributed by atoms with E-state index in [1.807, 2.05) is 13.8 Å². The quantitative estimate of drug-likeness (QED) is 0.719. The van der Waals surface area contributed by atoms with Gasteiger partial charge in [-0.05, 0) is 12.8 Å². The van der Waals surface area contributed by atoms with Crippen molar-refractivity contribution in [2.24, 2.45) is 0 Å². The van der Waals surface area contributed by atoms with Gasteiger partial charge in [-0.3, -0.25) is 4.79 Å². The molecule has 18 heavy (non-hydrogen) atoms. The van der Waals surface area contributed by atoms with Crippen molar-refractivity contribution in [3.8, 4) is 5.82 Å². The number of nitrogens with zero attached hydrogens (tertiary/aromatic N) is 3. The molecule has 0 atom stereocenters. The third-order valence-electron chi connectivity index (χ3n) is 2.84. The number of hydrogen-bond donors (Lipinski definition) is 3. The fourth-order valence-electron chi connectivity index (χ4n) is 1.86. The Labute approximate surface area is 104 Å². The highest BCUT2D eigenvalue weighted by atomic mass is 16.1. The van der Waals surface area contributed by atoms with Gasteiger partial charge in [-0.15, -0.1) is 0 Å². The third-order valence-corrected chi connectivity index (χ3v) is 2.84. The van der Waals surface area contributed by atoms with Crippen molar-refractivity contribution < 1.29 is 0 Å². The number of nitrogens with two attached hydrogens (primary N) is 2. The number of nitrogens with one attached hydrogen (secondary N) is 1. The van der Waals surface area contributed by atoms with E-state index in [1.54, 1.807) is 4.68 Å². The van der Waals surface area contributed by atoms with Crippen molar-refractivity contribution in [1.29, 1.82) is 0 Å². The van der Waals surface area contributed by atoms with Crippen molar-refractivity contribution in [1.82, 2.24) is 19.7 Å². The molecular formula is C11H16N6O. The van der Waals surface area contributed by atoms with E-state index in [0.29, 0.717) is 17.9 Å². The summed E-state index contributed by atoms with van der Waals surface area (Å²) in [5, 5.41) is 4.37. The van der Waals surface area contributed by atoms with E-state index < -0.39 is 0 Å². The molecule has 7 nitrogen and oxygen atoms in total. The summed E-state index contributed by atoms with van der Waals surface area (Å²) in [6.45, 7) is 3.93. The summed E-state index contributed by atoms with van der Waals surface area (Å²) in [4.78, 5) is 18.0. The molecule has 0 saturated carbocycles. The van der Waals surface area contributed by atoms with E-state index in [2.05, 4.69) is 15.1 Å². The minimum Gasteiger partial charge on any atom is -0.396 e. The molecule has 7 heteroatoms. The number of H-pyrrole nitrogens is 1. The molecular weight excluding hydrogens is 232 g/mol. The maximum Gasteiger partial charge on any atom is 0.276 e. The molecule has 0 unspecified atom stereocenters. The van der Waals surface area contributed by atoms with Crippen molar-refractivity contribution in [3.05, 3.63) is 28.1 Å². The molecule has 2 heterocycles. The second-order valence-electron chi connectivity index (χ2n) is 3.89. The van der Waals surface area contributed by atoms with E-state index in [0.717, 1.165) is 17.8 Å². The minimum atomic E-state index is -0.380. The van der Waals surface area contributed by atoms with Gasteiger partial charge >= 0.3 is 0 Å². The Hall–Kier alpha value is -2.31. The maximum atomic E-state index is 11.5. The lowest BCUT2D eigenvalue weighted by Gasteiger charge is -2.06. The molecule has 5 N–H and O–H groups in total. The van der Waals surface area contributed by atoms with Crippen LogP contribution in [0.2, 0.25) is 0 Å². The summed E-state index contributed by atoms with van der Waals surface area (Å²) in [7, 11) is 0. The summed E-state index contributed by atoms with van der Waals surface area (Å²) in [6, 6.07) is 0.